The second-order valence-corrected chi connectivity index (χ2v) is 10.0. The summed E-state index contributed by atoms with van der Waals surface area (Å²) in [6.45, 7) is 5.40. The fourth-order valence-corrected chi connectivity index (χ4v) is 5.51. The molecule has 1 aliphatic heterocycles. The molecule has 0 unspecified atom stereocenters. The zero-order valence-corrected chi connectivity index (χ0v) is 20.7. The third-order valence-corrected chi connectivity index (χ3v) is 7.37. The summed E-state index contributed by atoms with van der Waals surface area (Å²) in [5.41, 5.74) is 4.94. The highest BCUT2D eigenvalue weighted by Crippen LogP contribution is 2.26. The third-order valence-electron chi connectivity index (χ3n) is 6.35. The van der Waals surface area contributed by atoms with E-state index in [2.05, 4.69) is 87.2 Å². The Morgan fingerprint density at radius 1 is 1.09 bits per heavy atom. The molecule has 0 spiro atoms. The van der Waals surface area contributed by atoms with E-state index in [-0.39, 0.29) is 6.10 Å². The maximum atomic E-state index is 5.95. The fraction of sp³-hybridized carbons (Fsp3) is 0.370. The predicted molar refractivity (Wildman–Crippen MR) is 137 cm³/mol. The van der Waals surface area contributed by atoms with Gasteiger partial charge in [0.15, 0.2) is 5.16 Å². The van der Waals surface area contributed by atoms with E-state index in [1.54, 1.807) is 11.8 Å². The zero-order valence-electron chi connectivity index (χ0n) is 19.9. The smallest absolute Gasteiger partial charge is 0.191 e. The van der Waals surface area contributed by atoms with Crippen LogP contribution >= 0.6 is 11.8 Å². The molecule has 1 atom stereocenters. The van der Waals surface area contributed by atoms with E-state index in [1.165, 1.54) is 22.1 Å². The fourth-order valence-electron chi connectivity index (χ4n) is 4.46. The molecular formula is C27H31N5OS. The minimum Gasteiger partial charge on any atom is -0.376 e. The van der Waals surface area contributed by atoms with Crippen LogP contribution in [0.3, 0.4) is 0 Å². The quantitative estimate of drug-likeness (QED) is 0.310. The van der Waals surface area contributed by atoms with Gasteiger partial charge in [0.05, 0.1) is 24.7 Å². The van der Waals surface area contributed by atoms with Crippen LogP contribution in [0.15, 0.2) is 66.0 Å². The van der Waals surface area contributed by atoms with E-state index in [4.69, 9.17) is 4.74 Å². The van der Waals surface area contributed by atoms with Crippen molar-refractivity contribution in [3.8, 4) is 0 Å². The Balaban J connectivity index is 1.31. The lowest BCUT2D eigenvalue weighted by atomic mass is 10.1. The van der Waals surface area contributed by atoms with Gasteiger partial charge in [0.2, 0.25) is 0 Å². The normalized spacial score (nSPS) is 16.0. The molecule has 34 heavy (non-hydrogen) atoms. The van der Waals surface area contributed by atoms with Gasteiger partial charge in [-0.1, -0.05) is 48.2 Å². The van der Waals surface area contributed by atoms with Gasteiger partial charge in [-0.3, -0.25) is 9.88 Å². The lowest BCUT2D eigenvalue weighted by Gasteiger charge is -2.19. The lowest BCUT2D eigenvalue weighted by molar-refractivity contribution is 0.0934. The number of rotatable bonds is 9. The number of nitrogens with zero attached hydrogens (tertiary/aromatic N) is 5. The number of aryl methyl sites for hydroxylation is 1. The van der Waals surface area contributed by atoms with E-state index in [0.717, 1.165) is 61.3 Å². The molecule has 4 aromatic rings. The van der Waals surface area contributed by atoms with Gasteiger partial charge in [-0.2, -0.15) is 0 Å². The van der Waals surface area contributed by atoms with Crippen molar-refractivity contribution in [2.75, 3.05) is 13.7 Å². The van der Waals surface area contributed by atoms with Gasteiger partial charge in [-0.05, 0) is 61.7 Å². The molecule has 176 valence electrons. The summed E-state index contributed by atoms with van der Waals surface area (Å²) in [6, 6.07) is 19.1. The number of ether oxygens (including phenoxy) is 1. The van der Waals surface area contributed by atoms with E-state index < -0.39 is 0 Å². The molecule has 0 aliphatic carbocycles. The molecule has 0 saturated carbocycles. The maximum Gasteiger partial charge on any atom is 0.191 e. The molecular weight excluding hydrogens is 442 g/mol. The van der Waals surface area contributed by atoms with Gasteiger partial charge in [0.1, 0.15) is 5.82 Å². The number of benzene rings is 2. The number of thioether (sulfide) groups is 1. The first-order valence-corrected chi connectivity index (χ1v) is 12.9. The van der Waals surface area contributed by atoms with E-state index in [0.29, 0.717) is 0 Å². The first kappa shape index (κ1) is 23.0. The summed E-state index contributed by atoms with van der Waals surface area (Å²) in [5, 5.41) is 11.3. The van der Waals surface area contributed by atoms with Crippen LogP contribution in [-0.2, 0) is 30.1 Å². The molecule has 1 fully saturated rings. The zero-order chi connectivity index (χ0) is 23.3. The van der Waals surface area contributed by atoms with Crippen molar-refractivity contribution in [1.29, 1.82) is 0 Å². The summed E-state index contributed by atoms with van der Waals surface area (Å²) in [5.74, 6) is 1.88. The monoisotopic (exact) mass is 473 g/mol. The standard InChI is InChI=1S/C27H31N5OS/c1-20-7-3-4-8-23(20)19-34-27-30-29-26(32(27)17-24-10-6-14-33-24)18-31(2)16-21-11-12-25-22(15-21)9-5-13-28-25/h3-5,7-9,11-13,15,24H,6,10,14,16-19H2,1-2H3/t24-/m0/s1. The van der Waals surface area contributed by atoms with E-state index >= 15 is 0 Å². The summed E-state index contributed by atoms with van der Waals surface area (Å²) < 4.78 is 8.23. The summed E-state index contributed by atoms with van der Waals surface area (Å²) >= 11 is 1.76. The summed E-state index contributed by atoms with van der Waals surface area (Å²) in [6.07, 6.45) is 4.31. The van der Waals surface area contributed by atoms with Crippen molar-refractivity contribution < 1.29 is 4.74 Å². The van der Waals surface area contributed by atoms with Crippen LogP contribution in [0.2, 0.25) is 0 Å². The minimum absolute atomic E-state index is 0.242. The van der Waals surface area contributed by atoms with Crippen LogP contribution in [-0.4, -0.2) is 44.4 Å². The van der Waals surface area contributed by atoms with Crippen LogP contribution in [0.4, 0.5) is 0 Å². The van der Waals surface area contributed by atoms with Crippen molar-refractivity contribution in [1.82, 2.24) is 24.6 Å². The predicted octanol–water partition coefficient (Wildman–Crippen LogP) is 5.24. The van der Waals surface area contributed by atoms with Crippen LogP contribution in [0.5, 0.6) is 0 Å². The van der Waals surface area contributed by atoms with Gasteiger partial charge < -0.3 is 9.30 Å². The van der Waals surface area contributed by atoms with Crippen LogP contribution in [0.25, 0.3) is 10.9 Å². The van der Waals surface area contributed by atoms with Gasteiger partial charge in [0, 0.05) is 30.5 Å². The average molecular weight is 474 g/mol. The van der Waals surface area contributed by atoms with Gasteiger partial charge in [-0.25, -0.2) is 0 Å². The average Bonchev–Trinajstić information content (AvgIpc) is 3.49. The van der Waals surface area contributed by atoms with Crippen molar-refractivity contribution in [3.63, 3.8) is 0 Å². The Labute approximate surface area is 205 Å². The number of pyridine rings is 1. The first-order chi connectivity index (χ1) is 16.7. The molecule has 1 aliphatic rings. The largest absolute Gasteiger partial charge is 0.376 e. The molecule has 6 nitrogen and oxygen atoms in total. The van der Waals surface area contributed by atoms with E-state index in [9.17, 15) is 0 Å². The van der Waals surface area contributed by atoms with Crippen molar-refractivity contribution in [2.45, 2.75) is 56.4 Å². The van der Waals surface area contributed by atoms with Crippen molar-refractivity contribution >= 4 is 22.7 Å². The molecule has 2 aromatic heterocycles. The Morgan fingerprint density at radius 2 is 2.00 bits per heavy atom. The highest BCUT2D eigenvalue weighted by Gasteiger charge is 2.22. The number of aromatic nitrogens is 4. The Hall–Kier alpha value is -2.74. The highest BCUT2D eigenvalue weighted by molar-refractivity contribution is 7.98. The van der Waals surface area contributed by atoms with Crippen molar-refractivity contribution in [2.24, 2.45) is 0 Å². The Bertz CT molecular complexity index is 1250. The van der Waals surface area contributed by atoms with Crippen LogP contribution < -0.4 is 0 Å². The minimum atomic E-state index is 0.242. The number of hydrogen-bond donors (Lipinski definition) is 0. The molecule has 2 aromatic carbocycles. The van der Waals surface area contributed by atoms with Crippen molar-refractivity contribution in [3.05, 3.63) is 83.3 Å². The first-order valence-electron chi connectivity index (χ1n) is 11.9. The molecule has 0 radical (unpaired) electrons. The summed E-state index contributed by atoms with van der Waals surface area (Å²) in [4.78, 5) is 6.72. The second-order valence-electron chi connectivity index (χ2n) is 9.06. The van der Waals surface area contributed by atoms with E-state index in [1.807, 2.05) is 12.3 Å². The highest BCUT2D eigenvalue weighted by atomic mass is 32.2. The lowest BCUT2D eigenvalue weighted by Crippen LogP contribution is -2.23. The molecule has 0 N–H and O–H groups in total. The van der Waals surface area contributed by atoms with Gasteiger partial charge >= 0.3 is 0 Å². The second kappa shape index (κ2) is 10.7. The van der Waals surface area contributed by atoms with Gasteiger partial charge in [0.25, 0.3) is 0 Å². The summed E-state index contributed by atoms with van der Waals surface area (Å²) in [7, 11) is 2.14. The molecule has 0 bridgehead atoms. The van der Waals surface area contributed by atoms with Gasteiger partial charge in [-0.15, -0.1) is 10.2 Å². The number of fused-ring (bicyclic) bond motifs is 1. The SMILES string of the molecule is Cc1ccccc1CSc1nnc(CN(C)Cc2ccc3ncccc3c2)n1C[C@@H]1CCCO1. The molecule has 7 heteroatoms. The third kappa shape index (κ3) is 5.49. The van der Waals surface area contributed by atoms with Crippen LogP contribution in [0.1, 0.15) is 35.4 Å². The maximum absolute atomic E-state index is 5.95. The molecule has 0 amide bonds. The topological polar surface area (TPSA) is 56.1 Å². The number of hydrogen-bond acceptors (Lipinski definition) is 6. The Kier molecular flexibility index (Phi) is 7.23. The van der Waals surface area contributed by atoms with Crippen LogP contribution in [0, 0.1) is 6.92 Å². The molecule has 1 saturated heterocycles. The molecule has 3 heterocycles. The molecule has 5 rings (SSSR count). The Morgan fingerprint density at radius 3 is 2.85 bits per heavy atom.